The van der Waals surface area contributed by atoms with Crippen molar-refractivity contribution in [3.05, 3.63) is 65.0 Å². The van der Waals surface area contributed by atoms with E-state index in [1.165, 1.54) is 6.07 Å². The van der Waals surface area contributed by atoms with Gasteiger partial charge in [-0.1, -0.05) is 18.2 Å². The summed E-state index contributed by atoms with van der Waals surface area (Å²) >= 11 is 0. The molecule has 0 aliphatic rings. The van der Waals surface area contributed by atoms with E-state index in [1.807, 2.05) is 34.1 Å². The van der Waals surface area contributed by atoms with E-state index >= 15 is 0 Å². The summed E-state index contributed by atoms with van der Waals surface area (Å²) in [5.74, 6) is -0.198. The fourth-order valence-corrected chi connectivity index (χ4v) is 2.39. The third kappa shape index (κ3) is 2.99. The number of hydrogen-bond acceptors (Lipinski definition) is 2. The van der Waals surface area contributed by atoms with Gasteiger partial charge in [0.25, 0.3) is 0 Å². The van der Waals surface area contributed by atoms with Crippen molar-refractivity contribution in [1.29, 1.82) is 0 Å². The molecule has 0 aromatic heterocycles. The second-order valence-electron chi connectivity index (χ2n) is 5.21. The first-order valence-electron chi connectivity index (χ1n) is 6.73. The van der Waals surface area contributed by atoms with E-state index in [0.717, 1.165) is 22.4 Å². The molecule has 1 N–H and O–H groups in total. The van der Waals surface area contributed by atoms with Gasteiger partial charge in [-0.15, -0.1) is 0 Å². The van der Waals surface area contributed by atoms with Crippen LogP contribution < -0.4 is 10.2 Å². The molecule has 3 heteroatoms. The van der Waals surface area contributed by atoms with Crippen molar-refractivity contribution in [3.63, 3.8) is 0 Å². The van der Waals surface area contributed by atoms with Crippen LogP contribution in [0.4, 0.5) is 10.1 Å². The van der Waals surface area contributed by atoms with Gasteiger partial charge in [-0.2, -0.15) is 0 Å². The van der Waals surface area contributed by atoms with Crippen LogP contribution in [-0.4, -0.2) is 21.1 Å². The van der Waals surface area contributed by atoms with Crippen molar-refractivity contribution in [2.45, 2.75) is 13.0 Å². The fourth-order valence-electron chi connectivity index (χ4n) is 2.39. The zero-order chi connectivity index (χ0) is 14.7. The van der Waals surface area contributed by atoms with E-state index in [4.69, 9.17) is 0 Å². The minimum absolute atomic E-state index is 0.00177. The van der Waals surface area contributed by atoms with Gasteiger partial charge < -0.3 is 10.2 Å². The van der Waals surface area contributed by atoms with Crippen molar-refractivity contribution in [2.24, 2.45) is 0 Å². The van der Waals surface area contributed by atoms with Gasteiger partial charge in [0.05, 0.1) is 6.04 Å². The first-order chi connectivity index (χ1) is 9.52. The highest BCUT2D eigenvalue weighted by atomic mass is 19.1. The van der Waals surface area contributed by atoms with Crippen LogP contribution in [-0.2, 0) is 0 Å². The lowest BCUT2D eigenvalue weighted by atomic mass is 9.95. The van der Waals surface area contributed by atoms with Crippen molar-refractivity contribution in [1.82, 2.24) is 5.32 Å². The summed E-state index contributed by atoms with van der Waals surface area (Å²) in [4.78, 5) is 2.06. The predicted octanol–water partition coefficient (Wildman–Crippen LogP) is 3.51. The summed E-state index contributed by atoms with van der Waals surface area (Å²) in [5.41, 5.74) is 4.35. The molecule has 2 aromatic carbocycles. The van der Waals surface area contributed by atoms with Crippen molar-refractivity contribution >= 4 is 5.69 Å². The Morgan fingerprint density at radius 2 is 1.70 bits per heavy atom. The highest BCUT2D eigenvalue weighted by Crippen LogP contribution is 2.26. The lowest BCUT2D eigenvalue weighted by molar-refractivity contribution is 0.615. The number of rotatable bonds is 4. The molecule has 2 nitrogen and oxygen atoms in total. The molecule has 0 fully saturated rings. The number of nitrogens with one attached hydrogen (secondary N) is 1. The molecule has 0 spiro atoms. The number of aryl methyl sites for hydroxylation is 1. The Bertz CT molecular complexity index is 576. The standard InChI is InChI=1S/C17H21FN2/c1-12-5-8-14(18)11-16(12)17(19-2)13-6-9-15(10-7-13)20(3)4/h5-11,17,19H,1-4H3. The van der Waals surface area contributed by atoms with Crippen molar-refractivity contribution in [3.8, 4) is 0 Å². The Morgan fingerprint density at radius 1 is 1.05 bits per heavy atom. The van der Waals surface area contributed by atoms with Crippen LogP contribution in [0, 0.1) is 12.7 Å². The molecule has 0 saturated carbocycles. The van der Waals surface area contributed by atoms with Gasteiger partial charge in [-0.25, -0.2) is 4.39 Å². The van der Waals surface area contributed by atoms with E-state index in [0.29, 0.717) is 0 Å². The van der Waals surface area contributed by atoms with Crippen LogP contribution in [0.15, 0.2) is 42.5 Å². The molecule has 0 radical (unpaired) electrons. The summed E-state index contributed by atoms with van der Waals surface area (Å²) in [7, 11) is 5.93. The van der Waals surface area contributed by atoms with Gasteiger partial charge in [0, 0.05) is 19.8 Å². The second kappa shape index (κ2) is 6.06. The molecule has 0 amide bonds. The molecule has 20 heavy (non-hydrogen) atoms. The zero-order valence-corrected chi connectivity index (χ0v) is 12.4. The maximum Gasteiger partial charge on any atom is 0.123 e. The van der Waals surface area contributed by atoms with Crippen molar-refractivity contribution in [2.75, 3.05) is 26.0 Å². The molecule has 106 valence electrons. The SMILES string of the molecule is CNC(c1ccc(N(C)C)cc1)c1cc(F)ccc1C. The van der Waals surface area contributed by atoms with Crippen molar-refractivity contribution < 1.29 is 4.39 Å². The number of halogens is 1. The first kappa shape index (κ1) is 14.5. The Morgan fingerprint density at radius 3 is 2.25 bits per heavy atom. The lowest BCUT2D eigenvalue weighted by Gasteiger charge is -2.21. The topological polar surface area (TPSA) is 15.3 Å². The molecular weight excluding hydrogens is 251 g/mol. The maximum atomic E-state index is 13.5. The maximum absolute atomic E-state index is 13.5. The molecule has 0 saturated heterocycles. The van der Waals surface area contributed by atoms with Gasteiger partial charge in [0.1, 0.15) is 5.82 Å². The number of anilines is 1. The summed E-state index contributed by atoms with van der Waals surface area (Å²) < 4.78 is 13.5. The molecule has 1 atom stereocenters. The second-order valence-corrected chi connectivity index (χ2v) is 5.21. The van der Waals surface area contributed by atoms with Gasteiger partial charge in [-0.3, -0.25) is 0 Å². The van der Waals surface area contributed by atoms with Gasteiger partial charge in [0.2, 0.25) is 0 Å². The van der Waals surface area contributed by atoms with Gasteiger partial charge in [0.15, 0.2) is 0 Å². The third-order valence-corrected chi connectivity index (χ3v) is 3.58. The summed E-state index contributed by atoms with van der Waals surface area (Å²) in [5, 5.41) is 3.27. The number of nitrogens with zero attached hydrogens (tertiary/aromatic N) is 1. The van der Waals surface area contributed by atoms with Gasteiger partial charge >= 0.3 is 0 Å². The molecule has 2 aromatic rings. The number of benzene rings is 2. The average molecular weight is 272 g/mol. The molecule has 0 heterocycles. The Hall–Kier alpha value is -1.87. The molecule has 1 unspecified atom stereocenters. The Labute approximate surface area is 120 Å². The normalized spacial score (nSPS) is 12.2. The Kier molecular flexibility index (Phi) is 4.40. The van der Waals surface area contributed by atoms with E-state index in [1.54, 1.807) is 6.07 Å². The minimum Gasteiger partial charge on any atom is -0.378 e. The predicted molar refractivity (Wildman–Crippen MR) is 82.8 cm³/mol. The molecule has 2 rings (SSSR count). The van der Waals surface area contributed by atoms with Gasteiger partial charge in [-0.05, 0) is 54.9 Å². The molecule has 0 aliphatic heterocycles. The van der Waals surface area contributed by atoms with E-state index < -0.39 is 0 Å². The van der Waals surface area contributed by atoms with E-state index in [9.17, 15) is 4.39 Å². The summed E-state index contributed by atoms with van der Waals surface area (Å²) in [6, 6.07) is 13.3. The van der Waals surface area contributed by atoms with Crippen LogP contribution in [0.2, 0.25) is 0 Å². The van der Waals surface area contributed by atoms with Crippen LogP contribution in [0.5, 0.6) is 0 Å². The zero-order valence-electron chi connectivity index (χ0n) is 12.4. The van der Waals surface area contributed by atoms with Crippen LogP contribution in [0.3, 0.4) is 0 Å². The highest BCUT2D eigenvalue weighted by molar-refractivity contribution is 5.48. The summed E-state index contributed by atoms with van der Waals surface area (Å²) in [6.45, 7) is 2.01. The summed E-state index contributed by atoms with van der Waals surface area (Å²) in [6.07, 6.45) is 0. The Balaban J connectivity index is 2.39. The first-order valence-corrected chi connectivity index (χ1v) is 6.73. The van der Waals surface area contributed by atoms with E-state index in [-0.39, 0.29) is 11.9 Å². The molecular formula is C17H21FN2. The minimum atomic E-state index is -0.198. The quantitative estimate of drug-likeness (QED) is 0.916. The van der Waals surface area contributed by atoms with Crippen LogP contribution in [0.25, 0.3) is 0 Å². The lowest BCUT2D eigenvalue weighted by Crippen LogP contribution is -2.19. The molecule has 0 bridgehead atoms. The average Bonchev–Trinajstić information content (AvgIpc) is 2.44. The third-order valence-electron chi connectivity index (χ3n) is 3.58. The smallest absolute Gasteiger partial charge is 0.123 e. The highest BCUT2D eigenvalue weighted by Gasteiger charge is 2.15. The van der Waals surface area contributed by atoms with E-state index in [2.05, 4.69) is 34.5 Å². The largest absolute Gasteiger partial charge is 0.378 e. The fraction of sp³-hybridized carbons (Fsp3) is 0.294. The van der Waals surface area contributed by atoms with Crippen LogP contribution in [0.1, 0.15) is 22.7 Å². The van der Waals surface area contributed by atoms with Crippen LogP contribution >= 0.6 is 0 Å². The monoisotopic (exact) mass is 272 g/mol. The number of hydrogen-bond donors (Lipinski definition) is 1. The molecule has 0 aliphatic carbocycles.